The highest BCUT2D eigenvalue weighted by molar-refractivity contribution is 7.15. The lowest BCUT2D eigenvalue weighted by atomic mass is 10.1. The van der Waals surface area contributed by atoms with Gasteiger partial charge in [-0.2, -0.15) is 0 Å². The van der Waals surface area contributed by atoms with Crippen molar-refractivity contribution in [2.24, 2.45) is 0 Å². The third kappa shape index (κ3) is 3.51. The number of likely N-dealkylation sites (N-methyl/N-ethyl adjacent to an activating group) is 1. The van der Waals surface area contributed by atoms with Crippen molar-refractivity contribution >= 4 is 16.5 Å². The first kappa shape index (κ1) is 15.7. The summed E-state index contributed by atoms with van der Waals surface area (Å²) < 4.78 is 0. The summed E-state index contributed by atoms with van der Waals surface area (Å²) in [5, 5.41) is 4.67. The fourth-order valence-electron chi connectivity index (χ4n) is 2.65. The zero-order chi connectivity index (χ0) is 14.7. The maximum absolute atomic E-state index is 4.79. The molecule has 114 valence electrons. The summed E-state index contributed by atoms with van der Waals surface area (Å²) in [6, 6.07) is 1.18. The summed E-state index contributed by atoms with van der Waals surface area (Å²) in [4.78, 5) is 11.1. The normalized spacial score (nSPS) is 24.4. The van der Waals surface area contributed by atoms with Gasteiger partial charge in [-0.05, 0) is 40.8 Å². The van der Waals surface area contributed by atoms with Gasteiger partial charge in [0.15, 0.2) is 5.13 Å². The number of rotatable bonds is 5. The molecule has 0 bridgehead atoms. The predicted molar refractivity (Wildman–Crippen MR) is 87.7 cm³/mol. The molecular formula is C15H28N4S. The summed E-state index contributed by atoms with van der Waals surface area (Å²) in [6.45, 7) is 13.1. The molecule has 1 saturated heterocycles. The van der Waals surface area contributed by atoms with E-state index in [-0.39, 0.29) is 0 Å². The summed E-state index contributed by atoms with van der Waals surface area (Å²) in [5.74, 6) is 0. The molecule has 0 spiro atoms. The molecule has 20 heavy (non-hydrogen) atoms. The molecule has 1 aromatic heterocycles. The molecule has 1 aliphatic rings. The molecule has 0 saturated carbocycles. The van der Waals surface area contributed by atoms with Crippen LogP contribution in [0.1, 0.15) is 37.8 Å². The topological polar surface area (TPSA) is 31.4 Å². The highest BCUT2D eigenvalue weighted by Gasteiger charge is 2.28. The van der Waals surface area contributed by atoms with Crippen LogP contribution in [0.25, 0.3) is 0 Å². The summed E-state index contributed by atoms with van der Waals surface area (Å²) in [7, 11) is 2.22. The van der Waals surface area contributed by atoms with Gasteiger partial charge in [-0.1, -0.05) is 6.92 Å². The van der Waals surface area contributed by atoms with Crippen molar-refractivity contribution in [3.05, 3.63) is 10.6 Å². The van der Waals surface area contributed by atoms with Crippen LogP contribution in [-0.2, 0) is 6.54 Å². The summed E-state index contributed by atoms with van der Waals surface area (Å²) >= 11 is 1.86. The number of anilines is 1. The highest BCUT2D eigenvalue weighted by Crippen LogP contribution is 2.28. The van der Waals surface area contributed by atoms with Gasteiger partial charge < -0.3 is 10.2 Å². The van der Waals surface area contributed by atoms with E-state index in [0.29, 0.717) is 12.1 Å². The van der Waals surface area contributed by atoms with Gasteiger partial charge >= 0.3 is 0 Å². The van der Waals surface area contributed by atoms with E-state index in [4.69, 9.17) is 4.98 Å². The van der Waals surface area contributed by atoms with Crippen LogP contribution >= 0.6 is 11.3 Å². The highest BCUT2D eigenvalue weighted by atomic mass is 32.1. The summed E-state index contributed by atoms with van der Waals surface area (Å²) in [5.41, 5.74) is 1.19. The van der Waals surface area contributed by atoms with Gasteiger partial charge in [-0.15, -0.1) is 11.3 Å². The lowest BCUT2D eigenvalue weighted by Gasteiger charge is -2.42. The summed E-state index contributed by atoms with van der Waals surface area (Å²) in [6.07, 6.45) is 1.18. The Bertz CT molecular complexity index is 420. The number of aromatic nitrogens is 1. The molecule has 0 radical (unpaired) electrons. The monoisotopic (exact) mass is 296 g/mol. The smallest absolute Gasteiger partial charge is 0.185 e. The van der Waals surface area contributed by atoms with Gasteiger partial charge in [0, 0.05) is 36.6 Å². The van der Waals surface area contributed by atoms with Crippen LogP contribution in [-0.4, -0.2) is 48.6 Å². The second-order valence-electron chi connectivity index (χ2n) is 5.95. The van der Waals surface area contributed by atoms with Crippen LogP contribution in [0.3, 0.4) is 0 Å². The number of hydrogen-bond acceptors (Lipinski definition) is 5. The van der Waals surface area contributed by atoms with Crippen LogP contribution < -0.4 is 10.2 Å². The number of nitrogens with one attached hydrogen (secondary N) is 1. The van der Waals surface area contributed by atoms with Gasteiger partial charge in [0.1, 0.15) is 0 Å². The van der Waals surface area contributed by atoms with Gasteiger partial charge in [-0.3, -0.25) is 4.90 Å². The molecular weight excluding hydrogens is 268 g/mol. The first-order valence-electron chi connectivity index (χ1n) is 7.66. The molecule has 4 nitrogen and oxygen atoms in total. The zero-order valence-corrected chi connectivity index (χ0v) is 14.3. The fourth-order valence-corrected chi connectivity index (χ4v) is 3.70. The maximum Gasteiger partial charge on any atom is 0.185 e. The van der Waals surface area contributed by atoms with E-state index >= 15 is 0 Å². The van der Waals surface area contributed by atoms with E-state index in [1.165, 1.54) is 22.1 Å². The lowest BCUT2D eigenvalue weighted by Crippen LogP contribution is -2.55. The van der Waals surface area contributed by atoms with Crippen molar-refractivity contribution in [3.8, 4) is 0 Å². The molecule has 2 heterocycles. The largest absolute Gasteiger partial charge is 0.345 e. The average molecular weight is 296 g/mol. The number of nitrogens with zero attached hydrogens (tertiary/aromatic N) is 3. The minimum absolute atomic E-state index is 0.588. The standard InChI is InChI=1S/C15H28N4S/c1-6-7-16-8-14-13(4)17-15(20-14)19-9-11(2)18(5)12(3)10-19/h11-12,16H,6-10H2,1-5H3. The van der Waals surface area contributed by atoms with E-state index in [2.05, 4.69) is 49.9 Å². The van der Waals surface area contributed by atoms with E-state index in [1.807, 2.05) is 11.3 Å². The molecule has 5 heteroatoms. The van der Waals surface area contributed by atoms with Gasteiger partial charge in [0.05, 0.1) is 5.69 Å². The third-order valence-electron chi connectivity index (χ3n) is 4.22. The Morgan fingerprint density at radius 1 is 1.30 bits per heavy atom. The Labute approximate surface area is 127 Å². The van der Waals surface area contributed by atoms with Crippen molar-refractivity contribution in [2.75, 3.05) is 31.6 Å². The first-order chi connectivity index (χ1) is 9.52. The number of hydrogen-bond donors (Lipinski definition) is 1. The van der Waals surface area contributed by atoms with Crippen molar-refractivity contribution in [1.82, 2.24) is 15.2 Å². The molecule has 1 aliphatic heterocycles. The maximum atomic E-state index is 4.79. The number of aryl methyl sites for hydroxylation is 1. The van der Waals surface area contributed by atoms with Crippen LogP contribution in [0.5, 0.6) is 0 Å². The van der Waals surface area contributed by atoms with Crippen molar-refractivity contribution in [3.63, 3.8) is 0 Å². The lowest BCUT2D eigenvalue weighted by molar-refractivity contribution is 0.170. The second kappa shape index (κ2) is 6.87. The molecule has 0 aromatic carbocycles. The van der Waals surface area contributed by atoms with Gasteiger partial charge in [0.2, 0.25) is 0 Å². The molecule has 2 rings (SSSR count). The number of piperazine rings is 1. The Hall–Kier alpha value is -0.650. The van der Waals surface area contributed by atoms with Crippen LogP contribution in [0.15, 0.2) is 0 Å². The van der Waals surface area contributed by atoms with Crippen LogP contribution in [0.4, 0.5) is 5.13 Å². The SMILES string of the molecule is CCCNCc1sc(N2CC(C)N(C)C(C)C2)nc1C. The quantitative estimate of drug-likeness (QED) is 0.846. The minimum Gasteiger partial charge on any atom is -0.345 e. The average Bonchev–Trinajstić information content (AvgIpc) is 2.77. The Morgan fingerprint density at radius 3 is 2.55 bits per heavy atom. The number of thiazole rings is 1. The van der Waals surface area contributed by atoms with Gasteiger partial charge in [-0.25, -0.2) is 4.98 Å². The van der Waals surface area contributed by atoms with Crippen LogP contribution in [0, 0.1) is 6.92 Å². The molecule has 0 aliphatic carbocycles. The predicted octanol–water partition coefficient (Wildman–Crippen LogP) is 2.48. The van der Waals surface area contributed by atoms with Crippen molar-refractivity contribution in [1.29, 1.82) is 0 Å². The van der Waals surface area contributed by atoms with Gasteiger partial charge in [0.25, 0.3) is 0 Å². The van der Waals surface area contributed by atoms with E-state index in [9.17, 15) is 0 Å². The molecule has 1 N–H and O–H groups in total. The van der Waals surface area contributed by atoms with E-state index < -0.39 is 0 Å². The van der Waals surface area contributed by atoms with Crippen LogP contribution in [0.2, 0.25) is 0 Å². The molecule has 1 aromatic rings. The second-order valence-corrected chi connectivity index (χ2v) is 7.01. The fraction of sp³-hybridized carbons (Fsp3) is 0.800. The third-order valence-corrected chi connectivity index (χ3v) is 5.44. The molecule has 2 atom stereocenters. The first-order valence-corrected chi connectivity index (χ1v) is 8.48. The Kier molecular flexibility index (Phi) is 5.41. The van der Waals surface area contributed by atoms with Crippen molar-refractivity contribution < 1.29 is 0 Å². The Balaban J connectivity index is 2.04. The molecule has 1 fully saturated rings. The molecule has 2 unspecified atom stereocenters. The Morgan fingerprint density at radius 2 is 1.95 bits per heavy atom. The van der Waals surface area contributed by atoms with Crippen molar-refractivity contribution in [2.45, 2.75) is 52.7 Å². The molecule has 0 amide bonds. The zero-order valence-electron chi connectivity index (χ0n) is 13.4. The minimum atomic E-state index is 0.588. The van der Waals surface area contributed by atoms with E-state index in [0.717, 1.165) is 26.2 Å². The van der Waals surface area contributed by atoms with E-state index in [1.54, 1.807) is 0 Å².